The second kappa shape index (κ2) is 6.03. The normalized spacial score (nSPS) is 25.2. The van der Waals surface area contributed by atoms with Crippen molar-refractivity contribution in [1.29, 1.82) is 5.26 Å². The van der Waals surface area contributed by atoms with Crippen LogP contribution in [0.3, 0.4) is 0 Å². The van der Waals surface area contributed by atoms with Gasteiger partial charge < -0.3 is 5.32 Å². The second-order valence-electron chi connectivity index (χ2n) is 4.46. The highest BCUT2D eigenvalue weighted by Gasteiger charge is 2.23. The molecule has 3 heteroatoms. The Balaban J connectivity index is 1.74. The summed E-state index contributed by atoms with van der Waals surface area (Å²) in [6, 6.07) is 5.04. The van der Waals surface area contributed by atoms with Crippen molar-refractivity contribution < 1.29 is 0 Å². The first-order valence-corrected chi connectivity index (χ1v) is 6.98. The largest absolute Gasteiger partial charge is 0.312 e. The Kier molecular flexibility index (Phi) is 4.38. The molecule has 1 aliphatic rings. The van der Waals surface area contributed by atoms with Crippen LogP contribution >= 0.6 is 11.3 Å². The highest BCUT2D eigenvalue weighted by atomic mass is 32.1. The summed E-state index contributed by atoms with van der Waals surface area (Å²) in [6.07, 6.45) is 5.82. The van der Waals surface area contributed by atoms with E-state index in [1.165, 1.54) is 24.8 Å². The molecule has 0 radical (unpaired) electrons. The van der Waals surface area contributed by atoms with Gasteiger partial charge in [-0.05, 0) is 48.2 Å². The molecule has 16 heavy (non-hydrogen) atoms. The average Bonchev–Trinajstić information content (AvgIpc) is 2.83. The van der Waals surface area contributed by atoms with Crippen molar-refractivity contribution in [2.45, 2.75) is 38.1 Å². The summed E-state index contributed by atoms with van der Waals surface area (Å²) in [7, 11) is 0. The van der Waals surface area contributed by atoms with E-state index in [4.69, 9.17) is 5.26 Å². The Morgan fingerprint density at radius 1 is 1.44 bits per heavy atom. The molecule has 86 valence electrons. The molecule has 0 amide bonds. The van der Waals surface area contributed by atoms with Crippen LogP contribution in [-0.2, 0) is 6.42 Å². The van der Waals surface area contributed by atoms with Gasteiger partial charge in [0.15, 0.2) is 0 Å². The number of thiophene rings is 1. The molecule has 2 rings (SSSR count). The van der Waals surface area contributed by atoms with Crippen molar-refractivity contribution in [2.24, 2.45) is 5.92 Å². The quantitative estimate of drug-likeness (QED) is 0.869. The molecule has 0 aliphatic heterocycles. The van der Waals surface area contributed by atoms with Gasteiger partial charge in [-0.15, -0.1) is 0 Å². The zero-order valence-electron chi connectivity index (χ0n) is 9.48. The van der Waals surface area contributed by atoms with Crippen LogP contribution in [-0.4, -0.2) is 12.6 Å². The van der Waals surface area contributed by atoms with E-state index in [-0.39, 0.29) is 5.92 Å². The lowest BCUT2D eigenvalue weighted by molar-refractivity contribution is 0.314. The van der Waals surface area contributed by atoms with E-state index in [0.29, 0.717) is 6.04 Å². The number of nitrogens with zero attached hydrogens (tertiary/aromatic N) is 1. The molecule has 2 atom stereocenters. The van der Waals surface area contributed by atoms with Crippen molar-refractivity contribution in [3.63, 3.8) is 0 Å². The number of nitrogens with one attached hydrogen (secondary N) is 1. The summed E-state index contributed by atoms with van der Waals surface area (Å²) >= 11 is 1.75. The fourth-order valence-electron chi connectivity index (χ4n) is 2.37. The number of hydrogen-bond acceptors (Lipinski definition) is 3. The lowest BCUT2D eigenvalue weighted by Gasteiger charge is -2.27. The molecule has 2 unspecified atom stereocenters. The molecule has 0 bridgehead atoms. The average molecular weight is 234 g/mol. The first-order valence-electron chi connectivity index (χ1n) is 6.04. The van der Waals surface area contributed by atoms with Gasteiger partial charge in [0, 0.05) is 6.04 Å². The Labute approximate surface area is 101 Å². The Bertz CT molecular complexity index is 339. The SMILES string of the molecule is N#CC1CCCCC1NCCc1ccsc1. The second-order valence-corrected chi connectivity index (χ2v) is 5.24. The van der Waals surface area contributed by atoms with Gasteiger partial charge in [-0.25, -0.2) is 0 Å². The molecule has 1 aromatic heterocycles. The third-order valence-electron chi connectivity index (χ3n) is 3.33. The minimum Gasteiger partial charge on any atom is -0.312 e. The molecular formula is C13H18N2S. The van der Waals surface area contributed by atoms with Crippen LogP contribution in [0.15, 0.2) is 16.8 Å². The smallest absolute Gasteiger partial charge is 0.0672 e. The van der Waals surface area contributed by atoms with E-state index >= 15 is 0 Å². The molecule has 1 heterocycles. The van der Waals surface area contributed by atoms with E-state index in [0.717, 1.165) is 19.4 Å². The highest BCUT2D eigenvalue weighted by Crippen LogP contribution is 2.23. The summed E-state index contributed by atoms with van der Waals surface area (Å²) < 4.78 is 0. The van der Waals surface area contributed by atoms with Crippen molar-refractivity contribution in [3.05, 3.63) is 22.4 Å². The molecular weight excluding hydrogens is 216 g/mol. The van der Waals surface area contributed by atoms with E-state index < -0.39 is 0 Å². The molecule has 1 fully saturated rings. The predicted octanol–water partition coefficient (Wildman–Crippen LogP) is 2.96. The standard InChI is InChI=1S/C13H18N2S/c14-9-12-3-1-2-4-13(12)15-7-5-11-6-8-16-10-11/h6,8,10,12-13,15H,1-5,7H2. The summed E-state index contributed by atoms with van der Waals surface area (Å²) in [5, 5.41) is 16.9. The fraction of sp³-hybridized carbons (Fsp3) is 0.615. The molecule has 2 nitrogen and oxygen atoms in total. The summed E-state index contributed by atoms with van der Waals surface area (Å²) in [5.74, 6) is 0.233. The molecule has 1 aromatic rings. The number of rotatable bonds is 4. The maximum absolute atomic E-state index is 9.06. The molecule has 1 N–H and O–H groups in total. The molecule has 0 saturated heterocycles. The van der Waals surface area contributed by atoms with Crippen molar-refractivity contribution in [3.8, 4) is 6.07 Å². The fourth-order valence-corrected chi connectivity index (χ4v) is 3.07. The molecule has 1 saturated carbocycles. The van der Waals surface area contributed by atoms with Crippen LogP contribution in [0.2, 0.25) is 0 Å². The topological polar surface area (TPSA) is 35.8 Å². The maximum Gasteiger partial charge on any atom is 0.0672 e. The third kappa shape index (κ3) is 3.07. The van der Waals surface area contributed by atoms with Gasteiger partial charge in [-0.3, -0.25) is 0 Å². The van der Waals surface area contributed by atoms with Gasteiger partial charge in [0.2, 0.25) is 0 Å². The van der Waals surface area contributed by atoms with Crippen LogP contribution in [0.5, 0.6) is 0 Å². The number of hydrogen-bond donors (Lipinski definition) is 1. The Morgan fingerprint density at radius 2 is 2.31 bits per heavy atom. The zero-order valence-corrected chi connectivity index (χ0v) is 10.3. The van der Waals surface area contributed by atoms with Crippen LogP contribution < -0.4 is 5.32 Å². The van der Waals surface area contributed by atoms with Crippen LogP contribution in [0, 0.1) is 17.2 Å². The van der Waals surface area contributed by atoms with E-state index in [1.807, 2.05) is 0 Å². The summed E-state index contributed by atoms with van der Waals surface area (Å²) in [5.41, 5.74) is 1.40. The van der Waals surface area contributed by atoms with E-state index in [1.54, 1.807) is 11.3 Å². The van der Waals surface area contributed by atoms with Crippen molar-refractivity contribution >= 4 is 11.3 Å². The first-order chi connectivity index (χ1) is 7.90. The monoisotopic (exact) mass is 234 g/mol. The van der Waals surface area contributed by atoms with Crippen molar-refractivity contribution in [1.82, 2.24) is 5.32 Å². The first kappa shape index (κ1) is 11.6. The lowest BCUT2D eigenvalue weighted by atomic mass is 9.85. The molecule has 0 aromatic carbocycles. The van der Waals surface area contributed by atoms with Gasteiger partial charge in [-0.2, -0.15) is 16.6 Å². The Morgan fingerprint density at radius 3 is 3.06 bits per heavy atom. The van der Waals surface area contributed by atoms with Crippen LogP contribution in [0.4, 0.5) is 0 Å². The maximum atomic E-state index is 9.06. The molecule has 1 aliphatic carbocycles. The minimum absolute atomic E-state index is 0.233. The lowest BCUT2D eigenvalue weighted by Crippen LogP contribution is -2.38. The van der Waals surface area contributed by atoms with Crippen LogP contribution in [0.1, 0.15) is 31.2 Å². The zero-order chi connectivity index (χ0) is 11.2. The summed E-state index contributed by atoms with van der Waals surface area (Å²) in [4.78, 5) is 0. The third-order valence-corrected chi connectivity index (χ3v) is 4.06. The Hall–Kier alpha value is -0.850. The van der Waals surface area contributed by atoms with Gasteiger partial charge in [-0.1, -0.05) is 12.8 Å². The van der Waals surface area contributed by atoms with Gasteiger partial charge in [0.1, 0.15) is 0 Å². The van der Waals surface area contributed by atoms with Gasteiger partial charge in [0.05, 0.1) is 12.0 Å². The van der Waals surface area contributed by atoms with Gasteiger partial charge in [0.25, 0.3) is 0 Å². The summed E-state index contributed by atoms with van der Waals surface area (Å²) in [6.45, 7) is 1.000. The van der Waals surface area contributed by atoms with E-state index in [2.05, 4.69) is 28.2 Å². The van der Waals surface area contributed by atoms with Crippen molar-refractivity contribution in [2.75, 3.05) is 6.54 Å². The van der Waals surface area contributed by atoms with Crippen LogP contribution in [0.25, 0.3) is 0 Å². The number of nitriles is 1. The molecule has 0 spiro atoms. The predicted molar refractivity (Wildman–Crippen MR) is 67.4 cm³/mol. The van der Waals surface area contributed by atoms with Gasteiger partial charge >= 0.3 is 0 Å². The highest BCUT2D eigenvalue weighted by molar-refractivity contribution is 7.07. The van der Waals surface area contributed by atoms with E-state index in [9.17, 15) is 0 Å². The minimum atomic E-state index is 0.233.